The van der Waals surface area contributed by atoms with Gasteiger partial charge in [0.2, 0.25) is 0 Å². The molecule has 7 fully saturated rings. The van der Waals surface area contributed by atoms with E-state index >= 15 is 0 Å². The van der Waals surface area contributed by atoms with E-state index in [1.54, 1.807) is 0 Å². The molecule has 10 aliphatic rings. The summed E-state index contributed by atoms with van der Waals surface area (Å²) < 4.78 is 47.5. The molecule has 73 heavy (non-hydrogen) atoms. The highest BCUT2D eigenvalue weighted by Gasteiger charge is 2.87. The number of allylic oxidation sites excluding steroid dienone is 6. The van der Waals surface area contributed by atoms with Gasteiger partial charge in [0, 0.05) is 23.7 Å². The minimum atomic E-state index is -2.07. The van der Waals surface area contributed by atoms with Gasteiger partial charge < -0.3 is 47.4 Å². The molecule has 16 unspecified atom stereocenters. The zero-order chi connectivity index (χ0) is 53.9. The number of rotatable bonds is 20. The predicted octanol–water partition coefficient (Wildman–Crippen LogP) is 12.2. The van der Waals surface area contributed by atoms with Crippen LogP contribution in [-0.4, -0.2) is 158 Å². The minimum Gasteiger partial charge on any atom is -0.501 e. The molecule has 0 N–H and O–H groups in total. The Bertz CT molecular complexity index is 2180. The second kappa shape index (κ2) is 22.1. The van der Waals surface area contributed by atoms with Crippen LogP contribution in [0.5, 0.6) is 0 Å². The number of carbonyl (C=O) groups excluding carboxylic acids is 2. The van der Waals surface area contributed by atoms with Crippen molar-refractivity contribution in [1.82, 2.24) is 0 Å². The van der Waals surface area contributed by atoms with Crippen molar-refractivity contribution in [3.8, 4) is 0 Å². The molecule has 0 spiro atoms. The van der Waals surface area contributed by atoms with Crippen LogP contribution in [-0.2, 0) is 57.0 Å². The molecule has 10 rings (SSSR count). The van der Waals surface area contributed by atoms with Crippen molar-refractivity contribution in [2.24, 2.45) is 35.5 Å². The number of alkyl halides is 12. The molecule has 0 aromatic rings. The Morgan fingerprint density at radius 2 is 0.644 bits per heavy atom. The lowest BCUT2D eigenvalue weighted by Gasteiger charge is -2.36. The van der Waals surface area contributed by atoms with E-state index in [0.717, 1.165) is 0 Å². The second-order valence-corrected chi connectivity index (χ2v) is 28.2. The highest BCUT2D eigenvalue weighted by Crippen LogP contribution is 2.79. The Morgan fingerprint density at radius 3 is 0.904 bits per heavy atom. The van der Waals surface area contributed by atoms with Gasteiger partial charge in [0.15, 0.2) is 13.0 Å². The zero-order valence-corrected chi connectivity index (χ0v) is 50.6. The van der Waals surface area contributed by atoms with Gasteiger partial charge in [-0.15, -0.1) is 69.6 Å². The standard InChI is InChI=1S/C15H12Cl6O6.C15H16Cl6O4.C13H12Cl6O2/c16-9-10(17)14(19)8(12(23)27-4-6-2-25-6)7(13(9,18)15(14,20)21)11(22)26-3-5-1-24-5;16-11-12(17)14(19)10(6-23-2-8-4-25-8)9(5-22-1-7-3-24-7)13(11,18)15(14,20)21;1-3-20-5-7-8(6-21-4-2)12(17)10(15)9(14)11(7,16)13(12,18)19/h5-8H,1-4H2;7-10H,1-6H2;3-4,7-8H,1-2,5-6H2. The van der Waals surface area contributed by atoms with Crippen molar-refractivity contribution < 1.29 is 57.0 Å². The van der Waals surface area contributed by atoms with Gasteiger partial charge in [-0.2, -0.15) is 0 Å². The van der Waals surface area contributed by atoms with Gasteiger partial charge in [-0.05, 0) is 0 Å². The number of epoxide rings is 4. The molecule has 30 heteroatoms. The molecule has 0 radical (unpaired) electrons. The fourth-order valence-electron chi connectivity index (χ4n) is 10.1. The van der Waals surface area contributed by atoms with Gasteiger partial charge in [0.25, 0.3) is 0 Å². The average Bonchev–Trinajstić information content (AvgIpc) is 4.14. The van der Waals surface area contributed by atoms with Crippen LogP contribution in [0.15, 0.2) is 55.9 Å². The van der Waals surface area contributed by atoms with Gasteiger partial charge in [-0.25, -0.2) is 0 Å². The number of ether oxygens (including phenoxy) is 10. The molecule has 12 nitrogen and oxygen atoms in total. The van der Waals surface area contributed by atoms with Crippen LogP contribution in [0.2, 0.25) is 0 Å². The number of carbonyl (C=O) groups is 2. The van der Waals surface area contributed by atoms with Gasteiger partial charge in [-0.1, -0.05) is 152 Å². The maximum Gasteiger partial charge on any atom is 0.312 e. The Kier molecular flexibility index (Phi) is 18.5. The van der Waals surface area contributed by atoms with Gasteiger partial charge in [0.1, 0.15) is 66.9 Å². The Balaban J connectivity index is 0.000000147. The molecule has 4 saturated heterocycles. The van der Waals surface area contributed by atoms with E-state index in [9.17, 15) is 9.59 Å². The second-order valence-electron chi connectivity index (χ2n) is 18.4. The fraction of sp³-hybridized carbons (Fsp3) is 0.721. The van der Waals surface area contributed by atoms with Crippen molar-refractivity contribution in [3.05, 3.63) is 55.9 Å². The van der Waals surface area contributed by atoms with E-state index in [1.807, 2.05) is 0 Å². The molecule has 6 bridgehead atoms. The molecular formula is C43H40Cl18O12. The molecule has 4 heterocycles. The Morgan fingerprint density at radius 1 is 0.411 bits per heavy atom. The van der Waals surface area contributed by atoms with Crippen LogP contribution in [0.1, 0.15) is 0 Å². The lowest BCUT2D eigenvalue weighted by atomic mass is 9.82. The average molecular weight is 1390 g/mol. The number of esters is 2. The van der Waals surface area contributed by atoms with E-state index in [2.05, 4.69) is 13.2 Å². The third kappa shape index (κ3) is 9.47. The molecule has 4 aliphatic heterocycles. The molecule has 6 aliphatic carbocycles. The number of halogens is 18. The highest BCUT2D eigenvalue weighted by molar-refractivity contribution is 6.68. The summed E-state index contributed by atoms with van der Waals surface area (Å²) in [6.07, 6.45) is 2.44. The lowest BCUT2D eigenvalue weighted by molar-refractivity contribution is -0.161. The van der Waals surface area contributed by atoms with Gasteiger partial charge >= 0.3 is 11.9 Å². The number of hydrogen-bond donors (Lipinski definition) is 0. The highest BCUT2D eigenvalue weighted by atomic mass is 35.5. The lowest BCUT2D eigenvalue weighted by Crippen LogP contribution is -2.46. The van der Waals surface area contributed by atoms with E-state index in [4.69, 9.17) is 256 Å². The van der Waals surface area contributed by atoms with Crippen LogP contribution < -0.4 is 0 Å². The van der Waals surface area contributed by atoms with Crippen LogP contribution in [0.3, 0.4) is 0 Å². The van der Waals surface area contributed by atoms with Gasteiger partial charge in [0.05, 0.1) is 121 Å². The number of fused-ring (bicyclic) bond motifs is 6. The summed E-state index contributed by atoms with van der Waals surface area (Å²) in [5, 5.41) is 0.217. The SMILES string of the molecule is C=COCC1C(COC=C)C2(Cl)C(Cl)=C(Cl)C1(Cl)C2(Cl)Cl.ClC1=C(Cl)C2(Cl)C(COCC3CO3)C(COCC3CO3)C1(Cl)C2(Cl)Cl.O=C(OCC1CO1)C1C(C(=O)OCC2CO2)C2(Cl)C(Cl)=C(Cl)C1(Cl)C2(Cl)Cl. The molecule has 410 valence electrons. The molecular weight excluding hydrogens is 1350 g/mol. The summed E-state index contributed by atoms with van der Waals surface area (Å²) in [7, 11) is 0. The van der Waals surface area contributed by atoms with E-state index in [-0.39, 0.29) is 106 Å². The van der Waals surface area contributed by atoms with Crippen molar-refractivity contribution in [3.63, 3.8) is 0 Å². The monoisotopic (exact) mass is 1380 g/mol. The first kappa shape index (κ1) is 61.3. The first-order valence-corrected chi connectivity index (χ1v) is 28.7. The topological polar surface area (TPSA) is 140 Å². The smallest absolute Gasteiger partial charge is 0.312 e. The largest absolute Gasteiger partial charge is 0.501 e. The first-order chi connectivity index (χ1) is 34.0. The summed E-state index contributed by atoms with van der Waals surface area (Å²) in [6, 6.07) is 0. The summed E-state index contributed by atoms with van der Waals surface area (Å²) in [5.74, 6) is -6.08. The van der Waals surface area contributed by atoms with E-state index in [1.165, 1.54) is 12.5 Å². The summed E-state index contributed by atoms with van der Waals surface area (Å²) in [4.78, 5) is 16.3. The maximum atomic E-state index is 12.8. The molecule has 3 saturated carbocycles. The quantitative estimate of drug-likeness (QED) is 0.0496. The predicted molar refractivity (Wildman–Crippen MR) is 287 cm³/mol. The summed E-state index contributed by atoms with van der Waals surface area (Å²) >= 11 is 117. The van der Waals surface area contributed by atoms with Crippen LogP contribution >= 0.6 is 209 Å². The normalized spacial score (nSPS) is 43.8. The maximum absolute atomic E-state index is 12.8. The van der Waals surface area contributed by atoms with Crippen molar-refractivity contribution >= 4 is 221 Å². The molecule has 16 atom stereocenters. The number of hydrogen-bond acceptors (Lipinski definition) is 12. The molecule has 0 aromatic heterocycles. The summed E-state index contributed by atoms with van der Waals surface area (Å²) in [6.45, 7) is 11.1. The summed E-state index contributed by atoms with van der Waals surface area (Å²) in [5.41, 5.74) is 0. The minimum absolute atomic E-state index is 0.0120. The Labute approximate surface area is 509 Å². The van der Waals surface area contributed by atoms with Crippen molar-refractivity contribution in [2.45, 2.75) is 66.7 Å². The van der Waals surface area contributed by atoms with E-state index in [0.29, 0.717) is 39.6 Å². The third-order valence-electron chi connectivity index (χ3n) is 14.4. The third-order valence-corrected chi connectivity index (χ3v) is 27.3. The molecule has 0 aromatic carbocycles. The van der Waals surface area contributed by atoms with Crippen molar-refractivity contribution in [1.29, 1.82) is 0 Å². The van der Waals surface area contributed by atoms with Crippen LogP contribution in [0.25, 0.3) is 0 Å². The van der Waals surface area contributed by atoms with Gasteiger partial charge in [-0.3, -0.25) is 9.59 Å². The van der Waals surface area contributed by atoms with E-state index < -0.39 is 77.9 Å². The molecule has 0 amide bonds. The first-order valence-electron chi connectivity index (χ1n) is 21.9. The van der Waals surface area contributed by atoms with Crippen LogP contribution in [0, 0.1) is 35.5 Å². The zero-order valence-electron chi connectivity index (χ0n) is 37.0. The van der Waals surface area contributed by atoms with Crippen molar-refractivity contribution in [2.75, 3.05) is 79.3 Å². The Hall–Kier alpha value is 2.22. The fourth-order valence-corrected chi connectivity index (χ4v) is 19.1. The van der Waals surface area contributed by atoms with Crippen LogP contribution in [0.4, 0.5) is 0 Å².